The van der Waals surface area contributed by atoms with Gasteiger partial charge >= 0.3 is 0 Å². The zero-order valence-corrected chi connectivity index (χ0v) is 20.2. The Bertz CT molecular complexity index is 1080. The maximum absolute atomic E-state index is 12.8. The largest absolute Gasteiger partial charge is 0.381 e. The van der Waals surface area contributed by atoms with Crippen molar-refractivity contribution in [3.8, 4) is 0 Å². The van der Waals surface area contributed by atoms with Crippen molar-refractivity contribution in [2.75, 3.05) is 37.0 Å². The van der Waals surface area contributed by atoms with Gasteiger partial charge < -0.3 is 15.3 Å². The van der Waals surface area contributed by atoms with Crippen molar-refractivity contribution in [2.24, 2.45) is 22.5 Å². The van der Waals surface area contributed by atoms with Gasteiger partial charge in [0, 0.05) is 26.7 Å². The van der Waals surface area contributed by atoms with Gasteiger partial charge in [0.2, 0.25) is 0 Å². The Labute approximate surface area is 200 Å². The number of carbonyl (C=O) groups is 1. The molecule has 1 saturated heterocycles. The van der Waals surface area contributed by atoms with Crippen LogP contribution in [0.2, 0.25) is 0 Å². The molecule has 4 rings (SSSR count). The van der Waals surface area contributed by atoms with E-state index in [2.05, 4.69) is 37.4 Å². The van der Waals surface area contributed by atoms with Crippen LogP contribution in [0.25, 0.3) is 5.57 Å². The SMILES string of the molecule is CN(N=O)c1nc(C2=CC3CN(C(=O)C(O)c4ccccc4)CC3C2)ccc1NCC(C)(C)C. The molecule has 2 heterocycles. The number of amides is 1. The lowest BCUT2D eigenvalue weighted by molar-refractivity contribution is -0.139. The molecule has 2 aliphatic rings. The Kier molecular flexibility index (Phi) is 6.70. The van der Waals surface area contributed by atoms with Crippen molar-refractivity contribution in [2.45, 2.75) is 33.3 Å². The van der Waals surface area contributed by atoms with Crippen molar-refractivity contribution >= 4 is 23.0 Å². The normalized spacial score (nSPS) is 20.5. The number of likely N-dealkylation sites (tertiary alicyclic amines) is 1. The standard InChI is InChI=1S/C26H33N5O3/c1-26(2,3)16-27-22-11-10-21(28-24(22)30(4)29-34)18-12-19-14-31(15-20(19)13-18)25(33)23(32)17-8-6-5-7-9-17/h5-12,19-20,23,27,32H,13-16H2,1-4H3. The van der Waals surface area contributed by atoms with Gasteiger partial charge in [-0.3, -0.25) is 4.79 Å². The molecule has 1 aliphatic carbocycles. The fraction of sp³-hybridized carbons (Fsp3) is 0.462. The number of rotatable bonds is 7. The van der Waals surface area contributed by atoms with Crippen LogP contribution in [0.15, 0.2) is 53.8 Å². The minimum Gasteiger partial charge on any atom is -0.381 e. The summed E-state index contributed by atoms with van der Waals surface area (Å²) in [5.74, 6) is 0.780. The average molecular weight is 464 g/mol. The second-order valence-corrected chi connectivity index (χ2v) is 10.5. The van der Waals surface area contributed by atoms with E-state index in [1.165, 1.54) is 5.01 Å². The number of nitrogens with one attached hydrogen (secondary N) is 1. The molecule has 2 N–H and O–H groups in total. The van der Waals surface area contributed by atoms with Gasteiger partial charge in [-0.1, -0.05) is 57.2 Å². The van der Waals surface area contributed by atoms with Crippen LogP contribution in [0, 0.1) is 22.2 Å². The molecule has 180 valence electrons. The summed E-state index contributed by atoms with van der Waals surface area (Å²) < 4.78 is 0. The molecule has 1 aromatic heterocycles. The molecule has 34 heavy (non-hydrogen) atoms. The van der Waals surface area contributed by atoms with Crippen LogP contribution in [0.5, 0.6) is 0 Å². The third-order valence-electron chi connectivity index (χ3n) is 6.49. The maximum atomic E-state index is 12.8. The summed E-state index contributed by atoms with van der Waals surface area (Å²) in [6.45, 7) is 8.35. The van der Waals surface area contributed by atoms with Gasteiger partial charge in [0.15, 0.2) is 11.9 Å². The summed E-state index contributed by atoms with van der Waals surface area (Å²) >= 11 is 0. The number of aromatic nitrogens is 1. The van der Waals surface area contributed by atoms with Crippen molar-refractivity contribution in [1.82, 2.24) is 9.88 Å². The predicted molar refractivity (Wildman–Crippen MR) is 134 cm³/mol. The number of benzene rings is 1. The van der Waals surface area contributed by atoms with Crippen LogP contribution in [0.4, 0.5) is 11.5 Å². The number of allylic oxidation sites excluding steroid dienone is 1. The summed E-state index contributed by atoms with van der Waals surface area (Å²) in [5.41, 5.74) is 3.40. The number of fused-ring (bicyclic) bond motifs is 1. The minimum absolute atomic E-state index is 0.0753. The Morgan fingerprint density at radius 2 is 1.97 bits per heavy atom. The highest BCUT2D eigenvalue weighted by atomic mass is 16.3. The van der Waals surface area contributed by atoms with Crippen LogP contribution in [0.3, 0.4) is 0 Å². The summed E-state index contributed by atoms with van der Waals surface area (Å²) in [6.07, 6.45) is 1.86. The molecule has 3 atom stereocenters. The summed E-state index contributed by atoms with van der Waals surface area (Å²) in [5, 5.41) is 18.2. The third kappa shape index (κ3) is 5.12. The molecule has 1 aliphatic heterocycles. The summed E-state index contributed by atoms with van der Waals surface area (Å²) in [4.78, 5) is 30.6. The number of aliphatic hydroxyl groups excluding tert-OH is 1. The molecule has 8 nitrogen and oxygen atoms in total. The Hall–Kier alpha value is -3.26. The summed E-state index contributed by atoms with van der Waals surface area (Å²) in [7, 11) is 1.60. The van der Waals surface area contributed by atoms with Crippen LogP contribution < -0.4 is 10.3 Å². The molecule has 1 aromatic carbocycles. The van der Waals surface area contributed by atoms with E-state index in [0.29, 0.717) is 30.4 Å². The number of nitrogens with zero attached hydrogens (tertiary/aromatic N) is 4. The molecule has 8 heteroatoms. The van der Waals surface area contributed by atoms with E-state index in [-0.39, 0.29) is 17.2 Å². The lowest BCUT2D eigenvalue weighted by Gasteiger charge is -2.22. The Morgan fingerprint density at radius 1 is 1.24 bits per heavy atom. The number of hydrogen-bond donors (Lipinski definition) is 2. The first-order chi connectivity index (χ1) is 16.2. The number of hydrogen-bond acceptors (Lipinski definition) is 6. The van der Waals surface area contributed by atoms with E-state index >= 15 is 0 Å². The van der Waals surface area contributed by atoms with Crippen molar-refractivity contribution in [3.63, 3.8) is 0 Å². The van der Waals surface area contributed by atoms with Crippen LogP contribution in [0.1, 0.15) is 44.6 Å². The van der Waals surface area contributed by atoms with Gasteiger partial charge in [-0.2, -0.15) is 0 Å². The monoisotopic (exact) mass is 463 g/mol. The highest BCUT2D eigenvalue weighted by Gasteiger charge is 2.40. The topological polar surface area (TPSA) is 98.1 Å². The van der Waals surface area contributed by atoms with E-state index in [4.69, 9.17) is 4.98 Å². The molecule has 3 unspecified atom stereocenters. The number of nitroso groups, excluding NO2 is 1. The first-order valence-electron chi connectivity index (χ1n) is 11.7. The molecule has 1 amide bonds. The quantitative estimate of drug-likeness (QED) is 0.471. The maximum Gasteiger partial charge on any atom is 0.256 e. The number of anilines is 2. The number of carbonyl (C=O) groups excluding carboxylic acids is 1. The molecule has 2 aromatic rings. The lowest BCUT2D eigenvalue weighted by atomic mass is 9.97. The van der Waals surface area contributed by atoms with Gasteiger partial charge in [0.1, 0.15) is 0 Å². The van der Waals surface area contributed by atoms with Gasteiger partial charge in [-0.25, -0.2) is 9.99 Å². The van der Waals surface area contributed by atoms with Crippen LogP contribution in [-0.2, 0) is 4.79 Å². The Balaban J connectivity index is 1.47. The predicted octanol–water partition coefficient (Wildman–Crippen LogP) is 4.25. The molecule has 0 spiro atoms. The van der Waals surface area contributed by atoms with E-state index < -0.39 is 6.10 Å². The Morgan fingerprint density at radius 3 is 2.62 bits per heavy atom. The molecule has 0 saturated carbocycles. The molecule has 0 bridgehead atoms. The van der Waals surface area contributed by atoms with Crippen molar-refractivity contribution < 1.29 is 9.90 Å². The van der Waals surface area contributed by atoms with E-state index in [0.717, 1.165) is 29.9 Å². The van der Waals surface area contributed by atoms with Crippen LogP contribution >= 0.6 is 0 Å². The summed E-state index contributed by atoms with van der Waals surface area (Å²) in [6, 6.07) is 13.0. The zero-order chi connectivity index (χ0) is 24.5. The fourth-order valence-corrected chi connectivity index (χ4v) is 4.64. The zero-order valence-electron chi connectivity index (χ0n) is 20.2. The molecular formula is C26H33N5O3. The fourth-order valence-electron chi connectivity index (χ4n) is 4.64. The second-order valence-electron chi connectivity index (χ2n) is 10.5. The van der Waals surface area contributed by atoms with Crippen molar-refractivity contribution in [1.29, 1.82) is 0 Å². The van der Waals surface area contributed by atoms with E-state index in [1.807, 2.05) is 30.3 Å². The highest BCUT2D eigenvalue weighted by Crippen LogP contribution is 2.42. The van der Waals surface area contributed by atoms with E-state index in [1.54, 1.807) is 24.1 Å². The van der Waals surface area contributed by atoms with Crippen molar-refractivity contribution in [3.05, 3.63) is 64.7 Å². The first kappa shape index (κ1) is 23.9. The van der Waals surface area contributed by atoms with Gasteiger partial charge in [-0.05, 0) is 46.9 Å². The first-order valence-corrected chi connectivity index (χ1v) is 11.7. The van der Waals surface area contributed by atoms with Gasteiger partial charge in [0.05, 0.1) is 16.7 Å². The smallest absolute Gasteiger partial charge is 0.256 e. The highest BCUT2D eigenvalue weighted by molar-refractivity contribution is 5.83. The third-order valence-corrected chi connectivity index (χ3v) is 6.49. The minimum atomic E-state index is -1.13. The molecule has 0 radical (unpaired) electrons. The molecular weight excluding hydrogens is 430 g/mol. The van der Waals surface area contributed by atoms with Crippen LogP contribution in [-0.4, -0.2) is 47.6 Å². The molecule has 1 fully saturated rings. The van der Waals surface area contributed by atoms with Gasteiger partial charge in [0.25, 0.3) is 5.91 Å². The van der Waals surface area contributed by atoms with E-state index in [9.17, 15) is 14.8 Å². The van der Waals surface area contributed by atoms with Gasteiger partial charge in [-0.15, -0.1) is 4.91 Å². The number of aliphatic hydroxyl groups is 1. The average Bonchev–Trinajstić information content (AvgIpc) is 3.41. The lowest BCUT2D eigenvalue weighted by Crippen LogP contribution is -2.33. The number of pyridine rings is 1. The second kappa shape index (κ2) is 9.54.